The van der Waals surface area contributed by atoms with Gasteiger partial charge in [-0.25, -0.2) is 4.39 Å². The van der Waals surface area contributed by atoms with E-state index in [2.05, 4.69) is 31.2 Å². The van der Waals surface area contributed by atoms with E-state index in [0.717, 1.165) is 18.4 Å². The lowest BCUT2D eigenvalue weighted by molar-refractivity contribution is 0.612. The van der Waals surface area contributed by atoms with Gasteiger partial charge in [-0.05, 0) is 30.0 Å². The van der Waals surface area contributed by atoms with Crippen LogP contribution in [0.25, 0.3) is 0 Å². The molecule has 0 bridgehead atoms. The maximum absolute atomic E-state index is 12.6. The van der Waals surface area contributed by atoms with Gasteiger partial charge in [0.05, 0.1) is 0 Å². The van der Waals surface area contributed by atoms with Crippen molar-refractivity contribution in [3.8, 4) is 0 Å². The summed E-state index contributed by atoms with van der Waals surface area (Å²) in [6, 6.07) is 17.3. The van der Waals surface area contributed by atoms with E-state index >= 15 is 0 Å². The third kappa shape index (κ3) is 4.81. The lowest BCUT2D eigenvalue weighted by Gasteiger charge is -1.94. The lowest BCUT2D eigenvalue weighted by Crippen LogP contribution is -1.83. The fraction of sp³-hybridized carbons (Fsp3) is 0.250. The van der Waals surface area contributed by atoms with Crippen LogP contribution in [0.4, 0.5) is 4.39 Å². The van der Waals surface area contributed by atoms with Crippen molar-refractivity contribution in [2.24, 2.45) is 0 Å². The molecule has 0 saturated carbocycles. The van der Waals surface area contributed by atoms with Gasteiger partial charge in [0.25, 0.3) is 0 Å². The van der Waals surface area contributed by atoms with Gasteiger partial charge in [0.15, 0.2) is 0 Å². The molecule has 1 heteroatoms. The second-order valence-electron chi connectivity index (χ2n) is 3.78. The number of hydrogen-bond acceptors (Lipinski definition) is 0. The molecule has 0 aliphatic carbocycles. The Kier molecular flexibility index (Phi) is 6.02. The summed E-state index contributed by atoms with van der Waals surface area (Å²) in [5, 5.41) is 0. The highest BCUT2D eigenvalue weighted by molar-refractivity contribution is 5.16. The van der Waals surface area contributed by atoms with Crippen LogP contribution in [0.15, 0.2) is 54.6 Å². The van der Waals surface area contributed by atoms with Crippen molar-refractivity contribution in [3.63, 3.8) is 0 Å². The Bertz CT molecular complexity index is 421. The van der Waals surface area contributed by atoms with Crippen LogP contribution in [-0.2, 0) is 12.8 Å². The van der Waals surface area contributed by atoms with Gasteiger partial charge in [-0.1, -0.05) is 62.4 Å². The summed E-state index contributed by atoms with van der Waals surface area (Å²) < 4.78 is 12.6. The first-order valence-corrected chi connectivity index (χ1v) is 6.05. The highest BCUT2D eigenvalue weighted by Gasteiger charge is 1.93. The average Bonchev–Trinajstić information content (AvgIpc) is 2.41. The first-order valence-electron chi connectivity index (χ1n) is 6.05. The maximum Gasteiger partial charge on any atom is 0.126 e. The van der Waals surface area contributed by atoms with Gasteiger partial charge >= 0.3 is 0 Å². The number of halogens is 1. The third-order valence-corrected chi connectivity index (χ3v) is 2.59. The van der Waals surface area contributed by atoms with E-state index in [9.17, 15) is 4.39 Å². The van der Waals surface area contributed by atoms with Crippen molar-refractivity contribution >= 4 is 0 Å². The molecule has 0 aromatic heterocycles. The van der Waals surface area contributed by atoms with Crippen molar-refractivity contribution in [2.45, 2.75) is 26.7 Å². The Morgan fingerprint density at radius 1 is 0.765 bits per heavy atom. The molecule has 0 aliphatic rings. The van der Waals surface area contributed by atoms with Gasteiger partial charge in [0.2, 0.25) is 0 Å². The topological polar surface area (TPSA) is 0 Å². The molecule has 2 aromatic carbocycles. The molecule has 0 aliphatic heterocycles. The van der Waals surface area contributed by atoms with Crippen LogP contribution >= 0.6 is 0 Å². The molecule has 17 heavy (non-hydrogen) atoms. The summed E-state index contributed by atoms with van der Waals surface area (Å²) in [7, 11) is 0. The van der Waals surface area contributed by atoms with Gasteiger partial charge in [0, 0.05) is 0 Å². The third-order valence-electron chi connectivity index (χ3n) is 2.59. The van der Waals surface area contributed by atoms with E-state index in [-0.39, 0.29) is 5.82 Å². The predicted molar refractivity (Wildman–Crippen MR) is 71.6 cm³/mol. The average molecular weight is 230 g/mol. The Labute approximate surface area is 103 Å². The SMILES string of the molecule is CCc1ccccc1.CCc1ccccc1F. The van der Waals surface area contributed by atoms with E-state index in [1.165, 1.54) is 11.6 Å². The van der Waals surface area contributed by atoms with E-state index in [1.54, 1.807) is 12.1 Å². The summed E-state index contributed by atoms with van der Waals surface area (Å²) >= 11 is 0. The normalized spacial score (nSPS) is 9.35. The second-order valence-corrected chi connectivity index (χ2v) is 3.78. The minimum atomic E-state index is -0.0972. The zero-order chi connectivity index (χ0) is 12.5. The van der Waals surface area contributed by atoms with E-state index < -0.39 is 0 Å². The number of benzene rings is 2. The number of hydrogen-bond donors (Lipinski definition) is 0. The molecule has 0 atom stereocenters. The molecule has 0 heterocycles. The van der Waals surface area contributed by atoms with Crippen LogP contribution in [0.5, 0.6) is 0 Å². The standard InChI is InChI=1S/C8H9F.C8H10/c1-2-7-5-3-4-6-8(7)9;1-2-8-6-4-3-5-7-8/h3-6H,2H2,1H3;3-7H,2H2,1H3. The Morgan fingerprint density at radius 3 is 1.76 bits per heavy atom. The quantitative estimate of drug-likeness (QED) is 0.705. The fourth-order valence-corrected chi connectivity index (χ4v) is 1.50. The fourth-order valence-electron chi connectivity index (χ4n) is 1.50. The molecule has 0 amide bonds. The summed E-state index contributed by atoms with van der Waals surface area (Å²) in [6.45, 7) is 4.10. The molecule has 2 rings (SSSR count). The second kappa shape index (κ2) is 7.61. The van der Waals surface area contributed by atoms with Crippen LogP contribution in [0.3, 0.4) is 0 Å². The lowest BCUT2D eigenvalue weighted by atomic mass is 10.2. The minimum absolute atomic E-state index is 0.0972. The smallest absolute Gasteiger partial charge is 0.126 e. The minimum Gasteiger partial charge on any atom is -0.207 e. The first kappa shape index (κ1) is 13.4. The summed E-state index contributed by atoms with van der Waals surface area (Å²) in [6.07, 6.45) is 1.91. The van der Waals surface area contributed by atoms with Crippen molar-refractivity contribution in [1.82, 2.24) is 0 Å². The molecular formula is C16H19F. The molecule has 0 radical (unpaired) electrons. The van der Waals surface area contributed by atoms with Gasteiger partial charge in [-0.3, -0.25) is 0 Å². The molecule has 0 N–H and O–H groups in total. The van der Waals surface area contributed by atoms with Gasteiger partial charge < -0.3 is 0 Å². The molecule has 0 spiro atoms. The number of aryl methyl sites for hydroxylation is 2. The van der Waals surface area contributed by atoms with Crippen molar-refractivity contribution in [1.29, 1.82) is 0 Å². The monoisotopic (exact) mass is 230 g/mol. The van der Waals surface area contributed by atoms with Crippen LogP contribution in [0.1, 0.15) is 25.0 Å². The highest BCUT2D eigenvalue weighted by Crippen LogP contribution is 2.05. The van der Waals surface area contributed by atoms with Crippen LogP contribution < -0.4 is 0 Å². The molecule has 0 nitrogen and oxygen atoms in total. The Hall–Kier alpha value is -1.63. The van der Waals surface area contributed by atoms with E-state index in [0.29, 0.717) is 0 Å². The Morgan fingerprint density at radius 2 is 1.35 bits per heavy atom. The van der Waals surface area contributed by atoms with Crippen molar-refractivity contribution in [2.75, 3.05) is 0 Å². The van der Waals surface area contributed by atoms with Crippen LogP contribution in [0, 0.1) is 5.82 Å². The molecule has 2 aromatic rings. The molecular weight excluding hydrogens is 211 g/mol. The van der Waals surface area contributed by atoms with E-state index in [1.807, 2.05) is 19.1 Å². The highest BCUT2D eigenvalue weighted by atomic mass is 19.1. The molecule has 90 valence electrons. The largest absolute Gasteiger partial charge is 0.207 e. The van der Waals surface area contributed by atoms with Crippen molar-refractivity contribution < 1.29 is 4.39 Å². The van der Waals surface area contributed by atoms with E-state index in [4.69, 9.17) is 0 Å². The zero-order valence-electron chi connectivity index (χ0n) is 10.5. The Balaban J connectivity index is 0.000000171. The van der Waals surface area contributed by atoms with Crippen LogP contribution in [-0.4, -0.2) is 0 Å². The molecule has 0 fully saturated rings. The number of rotatable bonds is 2. The molecule has 0 saturated heterocycles. The van der Waals surface area contributed by atoms with Gasteiger partial charge in [-0.15, -0.1) is 0 Å². The predicted octanol–water partition coefficient (Wildman–Crippen LogP) is 4.64. The summed E-state index contributed by atoms with van der Waals surface area (Å²) in [5.41, 5.74) is 2.20. The summed E-state index contributed by atoms with van der Waals surface area (Å²) in [5.74, 6) is -0.0972. The van der Waals surface area contributed by atoms with Gasteiger partial charge in [-0.2, -0.15) is 0 Å². The van der Waals surface area contributed by atoms with Gasteiger partial charge in [0.1, 0.15) is 5.82 Å². The first-order chi connectivity index (χ1) is 8.27. The zero-order valence-corrected chi connectivity index (χ0v) is 10.5. The van der Waals surface area contributed by atoms with Crippen LogP contribution in [0.2, 0.25) is 0 Å². The molecule has 0 unspecified atom stereocenters. The maximum atomic E-state index is 12.6. The van der Waals surface area contributed by atoms with Crippen molar-refractivity contribution in [3.05, 3.63) is 71.5 Å². The summed E-state index contributed by atoms with van der Waals surface area (Å²) in [4.78, 5) is 0.